The lowest BCUT2D eigenvalue weighted by Crippen LogP contribution is -2.34. The quantitative estimate of drug-likeness (QED) is 0.809. The highest BCUT2D eigenvalue weighted by Gasteiger charge is 2.32. The molecule has 1 aliphatic rings. The number of fused-ring (bicyclic) bond motifs is 1. The molecule has 0 radical (unpaired) electrons. The van der Waals surface area contributed by atoms with Crippen molar-refractivity contribution in [2.24, 2.45) is 5.41 Å². The van der Waals surface area contributed by atoms with Crippen molar-refractivity contribution in [3.63, 3.8) is 0 Å². The van der Waals surface area contributed by atoms with Crippen LogP contribution in [-0.4, -0.2) is 27.1 Å². The molecule has 0 bridgehead atoms. The van der Waals surface area contributed by atoms with Gasteiger partial charge in [-0.2, -0.15) is 0 Å². The molecule has 6 heteroatoms. The smallest absolute Gasteiger partial charge is 0.231 e. The van der Waals surface area contributed by atoms with Crippen molar-refractivity contribution >= 4 is 27.1 Å². The van der Waals surface area contributed by atoms with Gasteiger partial charge >= 0.3 is 0 Å². The van der Waals surface area contributed by atoms with E-state index in [0.29, 0.717) is 17.9 Å². The molecule has 1 aliphatic heterocycles. The molecule has 0 atom stereocenters. The molecule has 0 saturated carbocycles. The zero-order chi connectivity index (χ0) is 13.6. The molecule has 98 valence electrons. The molecule has 2 N–H and O–H groups in total. The van der Waals surface area contributed by atoms with Crippen LogP contribution in [0.15, 0.2) is 23.1 Å². The SMILES string of the molecule is CC1(C)CNc2cccc(S(C)(=O)=O)c2NC1=O. The highest BCUT2D eigenvalue weighted by Crippen LogP contribution is 2.34. The first kappa shape index (κ1) is 12.9. The van der Waals surface area contributed by atoms with E-state index >= 15 is 0 Å². The summed E-state index contributed by atoms with van der Waals surface area (Å²) in [5, 5.41) is 5.82. The van der Waals surface area contributed by atoms with E-state index in [4.69, 9.17) is 0 Å². The van der Waals surface area contributed by atoms with Gasteiger partial charge in [0.25, 0.3) is 0 Å². The summed E-state index contributed by atoms with van der Waals surface area (Å²) in [6, 6.07) is 4.91. The summed E-state index contributed by atoms with van der Waals surface area (Å²) in [4.78, 5) is 12.2. The predicted molar refractivity (Wildman–Crippen MR) is 70.5 cm³/mol. The average molecular weight is 268 g/mol. The van der Waals surface area contributed by atoms with Crippen LogP contribution in [0.2, 0.25) is 0 Å². The number of nitrogens with one attached hydrogen (secondary N) is 2. The van der Waals surface area contributed by atoms with Crippen molar-refractivity contribution < 1.29 is 13.2 Å². The topological polar surface area (TPSA) is 75.3 Å². The van der Waals surface area contributed by atoms with E-state index in [1.165, 1.54) is 6.07 Å². The van der Waals surface area contributed by atoms with Crippen molar-refractivity contribution in [3.05, 3.63) is 18.2 Å². The maximum Gasteiger partial charge on any atom is 0.231 e. The Morgan fingerprint density at radius 1 is 1.28 bits per heavy atom. The van der Waals surface area contributed by atoms with Crippen molar-refractivity contribution in [2.75, 3.05) is 23.4 Å². The highest BCUT2D eigenvalue weighted by molar-refractivity contribution is 7.90. The van der Waals surface area contributed by atoms with Crippen LogP contribution < -0.4 is 10.6 Å². The normalized spacial score (nSPS) is 18.3. The third-order valence-corrected chi connectivity index (χ3v) is 4.14. The second kappa shape index (κ2) is 3.98. The molecule has 0 unspecified atom stereocenters. The van der Waals surface area contributed by atoms with Crippen LogP contribution >= 0.6 is 0 Å². The summed E-state index contributed by atoms with van der Waals surface area (Å²) in [6.07, 6.45) is 1.13. The van der Waals surface area contributed by atoms with Crippen LogP contribution in [0, 0.1) is 5.41 Å². The lowest BCUT2D eigenvalue weighted by molar-refractivity contribution is -0.123. The maximum atomic E-state index is 12.0. The number of carbonyl (C=O) groups excluding carboxylic acids is 1. The Bertz CT molecular complexity index is 606. The molecular weight excluding hydrogens is 252 g/mol. The van der Waals surface area contributed by atoms with Crippen molar-refractivity contribution in [1.82, 2.24) is 0 Å². The molecule has 1 aromatic rings. The van der Waals surface area contributed by atoms with Crippen molar-refractivity contribution in [2.45, 2.75) is 18.7 Å². The van der Waals surface area contributed by atoms with E-state index in [1.807, 2.05) is 0 Å². The summed E-state index contributed by atoms with van der Waals surface area (Å²) >= 11 is 0. The van der Waals surface area contributed by atoms with Crippen LogP contribution in [-0.2, 0) is 14.6 Å². The van der Waals surface area contributed by atoms with E-state index in [2.05, 4.69) is 10.6 Å². The number of hydrogen-bond donors (Lipinski definition) is 2. The number of benzene rings is 1. The summed E-state index contributed by atoms with van der Waals surface area (Å²) < 4.78 is 23.4. The number of rotatable bonds is 1. The van der Waals surface area contributed by atoms with Gasteiger partial charge in [-0.15, -0.1) is 0 Å². The van der Waals surface area contributed by atoms with E-state index in [9.17, 15) is 13.2 Å². The van der Waals surface area contributed by atoms with Gasteiger partial charge in [0.2, 0.25) is 5.91 Å². The number of sulfone groups is 1. The summed E-state index contributed by atoms with van der Waals surface area (Å²) in [6.45, 7) is 4.07. The van der Waals surface area contributed by atoms with Gasteiger partial charge < -0.3 is 10.6 Å². The second-order valence-corrected chi connectivity index (χ2v) is 7.13. The van der Waals surface area contributed by atoms with Gasteiger partial charge in [0.1, 0.15) is 0 Å². The fraction of sp³-hybridized carbons (Fsp3) is 0.417. The number of carbonyl (C=O) groups is 1. The van der Waals surface area contributed by atoms with E-state index in [-0.39, 0.29) is 10.8 Å². The van der Waals surface area contributed by atoms with Gasteiger partial charge in [0.15, 0.2) is 9.84 Å². The van der Waals surface area contributed by atoms with E-state index in [0.717, 1.165) is 6.26 Å². The lowest BCUT2D eigenvalue weighted by atomic mass is 9.93. The van der Waals surface area contributed by atoms with Crippen LogP contribution in [0.3, 0.4) is 0 Å². The Hall–Kier alpha value is -1.56. The van der Waals surface area contributed by atoms with Crippen LogP contribution in [0.25, 0.3) is 0 Å². The first-order valence-electron chi connectivity index (χ1n) is 5.60. The van der Waals surface area contributed by atoms with Gasteiger partial charge in [0, 0.05) is 12.8 Å². The minimum Gasteiger partial charge on any atom is -0.382 e. The number of amides is 1. The fourth-order valence-electron chi connectivity index (χ4n) is 1.80. The molecule has 1 amide bonds. The summed E-state index contributed by atoms with van der Waals surface area (Å²) in [7, 11) is -3.38. The minimum atomic E-state index is -3.38. The minimum absolute atomic E-state index is 0.138. The van der Waals surface area contributed by atoms with Crippen LogP contribution in [0.4, 0.5) is 11.4 Å². The third kappa shape index (κ3) is 2.20. The lowest BCUT2D eigenvalue weighted by Gasteiger charge is -2.19. The average Bonchev–Trinajstić information content (AvgIpc) is 2.35. The molecule has 1 heterocycles. The Kier molecular flexibility index (Phi) is 2.85. The van der Waals surface area contributed by atoms with E-state index in [1.54, 1.807) is 26.0 Å². The van der Waals surface area contributed by atoms with Gasteiger partial charge in [-0.05, 0) is 26.0 Å². The molecular formula is C12H16N2O3S. The first-order chi connectivity index (χ1) is 8.22. The third-order valence-electron chi connectivity index (χ3n) is 3.00. The molecule has 5 nitrogen and oxygen atoms in total. The van der Waals surface area contributed by atoms with Gasteiger partial charge in [0.05, 0.1) is 21.7 Å². The van der Waals surface area contributed by atoms with Crippen LogP contribution in [0.5, 0.6) is 0 Å². The number of anilines is 2. The zero-order valence-corrected chi connectivity index (χ0v) is 11.4. The summed E-state index contributed by atoms with van der Waals surface area (Å²) in [5.74, 6) is -0.190. The first-order valence-corrected chi connectivity index (χ1v) is 7.49. The molecule has 0 saturated heterocycles. The van der Waals surface area contributed by atoms with Crippen molar-refractivity contribution in [1.29, 1.82) is 0 Å². The molecule has 0 fully saturated rings. The monoisotopic (exact) mass is 268 g/mol. The fourth-order valence-corrected chi connectivity index (χ4v) is 2.65. The summed E-state index contributed by atoms with van der Waals surface area (Å²) in [5.41, 5.74) is 0.390. The van der Waals surface area contributed by atoms with Gasteiger partial charge in [-0.25, -0.2) is 8.42 Å². The van der Waals surface area contributed by atoms with Crippen molar-refractivity contribution in [3.8, 4) is 0 Å². The maximum absolute atomic E-state index is 12.0. The predicted octanol–water partition coefficient (Wildman–Crippen LogP) is 1.48. The van der Waals surface area contributed by atoms with Gasteiger partial charge in [-0.3, -0.25) is 4.79 Å². The Morgan fingerprint density at radius 2 is 1.94 bits per heavy atom. The molecule has 2 rings (SSSR count). The number of para-hydroxylation sites is 1. The van der Waals surface area contributed by atoms with Crippen LogP contribution in [0.1, 0.15) is 13.8 Å². The Labute approximate surface area is 107 Å². The molecule has 0 spiro atoms. The standard InChI is InChI=1S/C12H16N2O3S/c1-12(2)7-13-8-5-4-6-9(18(3,16)17)10(8)14-11(12)15/h4-6,13H,7H2,1-3H3,(H,14,15). The molecule has 1 aromatic carbocycles. The highest BCUT2D eigenvalue weighted by atomic mass is 32.2. The Balaban J connectivity index is 2.60. The van der Waals surface area contributed by atoms with Gasteiger partial charge in [-0.1, -0.05) is 6.07 Å². The number of hydrogen-bond acceptors (Lipinski definition) is 4. The molecule has 0 aliphatic carbocycles. The molecule has 0 aromatic heterocycles. The zero-order valence-electron chi connectivity index (χ0n) is 10.6. The molecule has 18 heavy (non-hydrogen) atoms. The second-order valence-electron chi connectivity index (χ2n) is 5.14. The van der Waals surface area contributed by atoms with E-state index < -0.39 is 15.3 Å². The largest absolute Gasteiger partial charge is 0.382 e. The Morgan fingerprint density at radius 3 is 2.56 bits per heavy atom.